The predicted molar refractivity (Wildman–Crippen MR) is 85.4 cm³/mol. The maximum atomic E-state index is 4.53. The predicted octanol–water partition coefficient (Wildman–Crippen LogP) is 3.09. The fourth-order valence-corrected chi connectivity index (χ4v) is 3.94. The summed E-state index contributed by atoms with van der Waals surface area (Å²) in [6.07, 6.45) is 2.03. The summed E-state index contributed by atoms with van der Waals surface area (Å²) in [5.41, 5.74) is 1.25. The van der Waals surface area contributed by atoms with Crippen LogP contribution in [0.2, 0.25) is 0 Å². The maximum Gasteiger partial charge on any atom is 0.124 e. The number of nitrogens with one attached hydrogen (secondary N) is 1. The minimum atomic E-state index is 0. The van der Waals surface area contributed by atoms with E-state index in [0.29, 0.717) is 6.04 Å². The molecular formula is C13H18ClN3S2. The quantitative estimate of drug-likeness (QED) is 0.943. The van der Waals surface area contributed by atoms with Crippen LogP contribution in [0.1, 0.15) is 11.8 Å². The zero-order chi connectivity index (χ0) is 12.4. The molecular weight excluding hydrogens is 298 g/mol. The van der Waals surface area contributed by atoms with E-state index >= 15 is 0 Å². The molecule has 1 saturated heterocycles. The molecule has 0 unspecified atom stereocenters. The lowest BCUT2D eigenvalue weighted by molar-refractivity contribution is 0.201. The van der Waals surface area contributed by atoms with Gasteiger partial charge in [-0.25, -0.2) is 4.98 Å². The van der Waals surface area contributed by atoms with Crippen molar-refractivity contribution in [2.75, 3.05) is 19.6 Å². The van der Waals surface area contributed by atoms with Gasteiger partial charge >= 0.3 is 0 Å². The smallest absolute Gasteiger partial charge is 0.124 e. The molecule has 0 spiro atoms. The van der Waals surface area contributed by atoms with E-state index in [1.165, 1.54) is 10.4 Å². The summed E-state index contributed by atoms with van der Waals surface area (Å²) in [7, 11) is 0. The minimum Gasteiger partial charge on any atom is -0.312 e. The molecule has 1 N–H and O–H groups in total. The van der Waals surface area contributed by atoms with Gasteiger partial charge in [0.1, 0.15) is 5.01 Å². The lowest BCUT2D eigenvalue weighted by Crippen LogP contribution is -2.48. The van der Waals surface area contributed by atoms with Crippen molar-refractivity contribution in [2.45, 2.75) is 19.5 Å². The number of hydrogen-bond acceptors (Lipinski definition) is 5. The monoisotopic (exact) mass is 315 g/mol. The molecule has 0 aromatic carbocycles. The zero-order valence-corrected chi connectivity index (χ0v) is 13.3. The second-order valence-electron chi connectivity index (χ2n) is 4.73. The van der Waals surface area contributed by atoms with Crippen LogP contribution in [0.4, 0.5) is 0 Å². The van der Waals surface area contributed by atoms with Gasteiger partial charge in [0.15, 0.2) is 0 Å². The summed E-state index contributed by atoms with van der Waals surface area (Å²) in [5.74, 6) is 0. The molecule has 1 aliphatic rings. The number of rotatable bonds is 3. The summed E-state index contributed by atoms with van der Waals surface area (Å²) in [6, 6.07) is 2.74. The van der Waals surface area contributed by atoms with Gasteiger partial charge in [0.2, 0.25) is 0 Å². The Labute approximate surface area is 128 Å². The van der Waals surface area contributed by atoms with E-state index in [0.717, 1.165) is 31.2 Å². The van der Waals surface area contributed by atoms with E-state index in [1.807, 2.05) is 17.5 Å². The van der Waals surface area contributed by atoms with Gasteiger partial charge in [0, 0.05) is 54.2 Å². The molecule has 0 amide bonds. The van der Waals surface area contributed by atoms with E-state index < -0.39 is 0 Å². The zero-order valence-electron chi connectivity index (χ0n) is 10.8. The fourth-order valence-electron chi connectivity index (χ4n) is 2.28. The van der Waals surface area contributed by atoms with Gasteiger partial charge in [-0.1, -0.05) is 0 Å². The van der Waals surface area contributed by atoms with Gasteiger partial charge in [-0.05, 0) is 18.4 Å². The van der Waals surface area contributed by atoms with E-state index in [-0.39, 0.29) is 12.4 Å². The third-order valence-corrected chi connectivity index (χ3v) is 4.87. The molecule has 0 radical (unpaired) electrons. The molecule has 19 heavy (non-hydrogen) atoms. The molecule has 3 nitrogen and oxygen atoms in total. The van der Waals surface area contributed by atoms with Gasteiger partial charge in [-0.2, -0.15) is 11.3 Å². The number of thiazole rings is 1. The van der Waals surface area contributed by atoms with Crippen LogP contribution in [0.25, 0.3) is 10.6 Å². The second-order valence-corrected chi connectivity index (χ2v) is 6.63. The molecule has 2 aromatic rings. The molecule has 104 valence electrons. The lowest BCUT2D eigenvalue weighted by atomic mass is 10.2. The SMILES string of the molecule is C[C@H]1CN(Cc2cnc(-c3ccsc3)s2)CCN1.Cl. The third kappa shape index (κ3) is 3.77. The Hall–Kier alpha value is -0.460. The summed E-state index contributed by atoms with van der Waals surface area (Å²) in [4.78, 5) is 8.40. The van der Waals surface area contributed by atoms with Crippen molar-refractivity contribution in [2.24, 2.45) is 0 Å². The average Bonchev–Trinajstić information content (AvgIpc) is 2.98. The van der Waals surface area contributed by atoms with Crippen LogP contribution in [0.3, 0.4) is 0 Å². The number of aromatic nitrogens is 1. The number of piperazine rings is 1. The molecule has 3 heterocycles. The van der Waals surface area contributed by atoms with Crippen molar-refractivity contribution in [1.29, 1.82) is 0 Å². The highest BCUT2D eigenvalue weighted by atomic mass is 35.5. The van der Waals surface area contributed by atoms with Crippen LogP contribution < -0.4 is 5.32 Å². The Morgan fingerprint density at radius 1 is 1.53 bits per heavy atom. The van der Waals surface area contributed by atoms with Gasteiger partial charge in [-0.15, -0.1) is 23.7 Å². The van der Waals surface area contributed by atoms with Gasteiger partial charge in [0.05, 0.1) is 0 Å². The molecule has 1 atom stereocenters. The van der Waals surface area contributed by atoms with Crippen LogP contribution >= 0.6 is 35.1 Å². The van der Waals surface area contributed by atoms with Gasteiger partial charge in [-0.3, -0.25) is 4.90 Å². The number of thiophene rings is 1. The topological polar surface area (TPSA) is 28.2 Å². The number of halogens is 1. The minimum absolute atomic E-state index is 0. The highest BCUT2D eigenvalue weighted by Gasteiger charge is 2.16. The van der Waals surface area contributed by atoms with Gasteiger partial charge in [0.25, 0.3) is 0 Å². The van der Waals surface area contributed by atoms with E-state index in [9.17, 15) is 0 Å². The summed E-state index contributed by atoms with van der Waals surface area (Å²) in [6.45, 7) is 6.64. The van der Waals surface area contributed by atoms with Gasteiger partial charge < -0.3 is 5.32 Å². The van der Waals surface area contributed by atoms with Crippen LogP contribution in [0.5, 0.6) is 0 Å². The lowest BCUT2D eigenvalue weighted by Gasteiger charge is -2.31. The third-order valence-electron chi connectivity index (χ3n) is 3.15. The first kappa shape index (κ1) is 14.9. The molecule has 0 bridgehead atoms. The number of nitrogens with zero attached hydrogens (tertiary/aromatic N) is 2. The molecule has 2 aromatic heterocycles. The van der Waals surface area contributed by atoms with Crippen molar-refractivity contribution < 1.29 is 0 Å². The summed E-state index contributed by atoms with van der Waals surface area (Å²) >= 11 is 3.55. The largest absolute Gasteiger partial charge is 0.312 e. The Morgan fingerprint density at radius 2 is 2.42 bits per heavy atom. The average molecular weight is 316 g/mol. The van der Waals surface area contributed by atoms with Crippen molar-refractivity contribution in [3.8, 4) is 10.6 Å². The summed E-state index contributed by atoms with van der Waals surface area (Å²) < 4.78 is 0. The molecule has 1 fully saturated rings. The first-order chi connectivity index (χ1) is 8.81. The first-order valence-corrected chi connectivity index (χ1v) is 8.00. The highest BCUT2D eigenvalue weighted by molar-refractivity contribution is 7.15. The van der Waals surface area contributed by atoms with E-state index in [1.54, 1.807) is 11.3 Å². The normalized spacial score (nSPS) is 20.2. The molecule has 0 aliphatic carbocycles. The number of hydrogen-bond donors (Lipinski definition) is 1. The Balaban J connectivity index is 0.00000133. The van der Waals surface area contributed by atoms with Crippen molar-refractivity contribution in [3.05, 3.63) is 27.9 Å². The van der Waals surface area contributed by atoms with Crippen molar-refractivity contribution in [3.63, 3.8) is 0 Å². The maximum absolute atomic E-state index is 4.53. The Kier molecular flexibility index (Phi) is 5.36. The highest BCUT2D eigenvalue weighted by Crippen LogP contribution is 2.27. The standard InChI is InChI=1S/C13H17N3S2.ClH/c1-10-7-16(4-3-14-10)8-12-6-15-13(18-12)11-2-5-17-9-11;/h2,5-6,9-10,14H,3-4,7-8H2,1H3;1H/t10-;/m0./s1. The van der Waals surface area contributed by atoms with Crippen LogP contribution in [-0.2, 0) is 6.54 Å². The van der Waals surface area contributed by atoms with Crippen LogP contribution in [0, 0.1) is 0 Å². The molecule has 6 heteroatoms. The second kappa shape index (κ2) is 6.81. The Morgan fingerprint density at radius 3 is 3.16 bits per heavy atom. The first-order valence-electron chi connectivity index (χ1n) is 6.24. The Bertz CT molecular complexity index is 498. The van der Waals surface area contributed by atoms with Crippen LogP contribution in [-0.4, -0.2) is 35.6 Å². The van der Waals surface area contributed by atoms with Crippen LogP contribution in [0.15, 0.2) is 23.0 Å². The van der Waals surface area contributed by atoms with E-state index in [2.05, 4.69) is 39.0 Å². The molecule has 1 aliphatic heterocycles. The van der Waals surface area contributed by atoms with Crippen molar-refractivity contribution in [1.82, 2.24) is 15.2 Å². The van der Waals surface area contributed by atoms with Crippen molar-refractivity contribution >= 4 is 35.1 Å². The molecule has 0 saturated carbocycles. The molecule has 3 rings (SSSR count). The fraction of sp³-hybridized carbons (Fsp3) is 0.462. The van der Waals surface area contributed by atoms with E-state index in [4.69, 9.17) is 0 Å². The summed E-state index contributed by atoms with van der Waals surface area (Å²) in [5, 5.41) is 8.89.